The Kier molecular flexibility index (Phi) is 7.38. The molecule has 1 atom stereocenters. The number of benzene rings is 2. The van der Waals surface area contributed by atoms with Crippen molar-refractivity contribution >= 4 is 32.7 Å². The molecule has 0 aliphatic carbocycles. The fraction of sp³-hybridized carbons (Fsp3) is 0.412. The van der Waals surface area contributed by atoms with Crippen molar-refractivity contribution in [3.8, 4) is 5.75 Å². The Labute approximate surface area is 159 Å². The van der Waals surface area contributed by atoms with Gasteiger partial charge in [0.1, 0.15) is 16.8 Å². The summed E-state index contributed by atoms with van der Waals surface area (Å²) < 4.78 is 69.7. The lowest BCUT2D eigenvalue weighted by atomic mass is 9.99. The molecule has 2 aromatic carbocycles. The third kappa shape index (κ3) is 5.74. The van der Waals surface area contributed by atoms with Gasteiger partial charge in [0.25, 0.3) is 0 Å². The molecule has 1 aliphatic heterocycles. The fourth-order valence-corrected chi connectivity index (χ4v) is 4.22. The Morgan fingerprint density at radius 1 is 1.22 bits per heavy atom. The number of methoxy groups -OCH3 is 1. The summed E-state index contributed by atoms with van der Waals surface area (Å²) >= 11 is 1.53. The molecule has 10 heteroatoms. The number of rotatable bonds is 4. The van der Waals surface area contributed by atoms with E-state index in [1.54, 1.807) is 7.11 Å². The summed E-state index contributed by atoms with van der Waals surface area (Å²) in [5.74, 6) is 2.29. The lowest BCUT2D eigenvalue weighted by Gasteiger charge is -2.15. The number of hydrogen-bond donors (Lipinski definition) is 0. The van der Waals surface area contributed by atoms with Gasteiger partial charge in [-0.3, -0.25) is 0 Å². The van der Waals surface area contributed by atoms with E-state index in [9.17, 15) is 13.2 Å². The SMILES string of the molecule is COCOc1ccc2ccccc2c1C1CCC[SH+]1.O=S(=O)([O-])C(F)(F)F. The van der Waals surface area contributed by atoms with Crippen LogP contribution in [0.1, 0.15) is 23.7 Å². The molecule has 27 heavy (non-hydrogen) atoms. The molecule has 0 N–H and O–H groups in total. The van der Waals surface area contributed by atoms with Crippen molar-refractivity contribution in [3.05, 3.63) is 42.0 Å². The van der Waals surface area contributed by atoms with E-state index in [1.165, 1.54) is 46.7 Å². The van der Waals surface area contributed by atoms with Gasteiger partial charge in [-0.1, -0.05) is 30.3 Å². The molecule has 3 rings (SSSR count). The molecule has 0 saturated carbocycles. The van der Waals surface area contributed by atoms with Crippen LogP contribution < -0.4 is 4.74 Å². The van der Waals surface area contributed by atoms with Crippen LogP contribution in [-0.4, -0.2) is 38.1 Å². The summed E-state index contributed by atoms with van der Waals surface area (Å²) in [6, 6.07) is 12.8. The average molecular weight is 424 g/mol. The monoisotopic (exact) mass is 424 g/mol. The second-order valence-electron chi connectivity index (χ2n) is 5.71. The number of halogens is 3. The first-order chi connectivity index (χ1) is 12.6. The molecule has 2 aromatic rings. The van der Waals surface area contributed by atoms with Crippen molar-refractivity contribution in [2.24, 2.45) is 0 Å². The van der Waals surface area contributed by atoms with Gasteiger partial charge < -0.3 is 14.0 Å². The Balaban J connectivity index is 0.000000279. The molecule has 5 nitrogen and oxygen atoms in total. The topological polar surface area (TPSA) is 75.7 Å². The first kappa shape index (κ1) is 21.8. The van der Waals surface area contributed by atoms with E-state index >= 15 is 0 Å². The zero-order valence-corrected chi connectivity index (χ0v) is 16.1. The Hall–Kier alpha value is -1.49. The Bertz CT molecular complexity index is 862. The molecule has 1 fully saturated rings. The van der Waals surface area contributed by atoms with Gasteiger partial charge in [-0.2, -0.15) is 13.2 Å². The molecule has 0 aromatic heterocycles. The van der Waals surface area contributed by atoms with Gasteiger partial charge >= 0.3 is 5.51 Å². The molecular formula is C17H19F3O5S2. The third-order valence-electron chi connectivity index (χ3n) is 3.86. The number of alkyl halides is 3. The van der Waals surface area contributed by atoms with E-state index in [4.69, 9.17) is 22.4 Å². The van der Waals surface area contributed by atoms with Crippen LogP contribution in [0.25, 0.3) is 10.8 Å². The maximum Gasteiger partial charge on any atom is 0.485 e. The van der Waals surface area contributed by atoms with Crippen molar-refractivity contribution in [2.75, 3.05) is 19.7 Å². The quantitative estimate of drug-likeness (QED) is 0.247. The van der Waals surface area contributed by atoms with Crippen LogP contribution in [0.3, 0.4) is 0 Å². The summed E-state index contributed by atoms with van der Waals surface area (Å²) in [5.41, 5.74) is -4.28. The summed E-state index contributed by atoms with van der Waals surface area (Å²) in [7, 11) is -4.43. The standard InChI is InChI=1S/C16H18O2S.CHF3O3S/c1-17-11-18-14-9-8-12-5-2-3-6-13(12)16(14)15-7-4-10-19-15;2-1(3,4)8(5,6)7/h2-3,5-6,8-9,15H,4,7,10-11H2,1H3;(H,5,6,7). The van der Waals surface area contributed by atoms with E-state index in [1.807, 2.05) is 0 Å². The molecular weight excluding hydrogens is 405 g/mol. The number of hydrogen-bond acceptors (Lipinski definition) is 5. The van der Waals surface area contributed by atoms with Crippen molar-refractivity contribution in [1.82, 2.24) is 0 Å². The summed E-state index contributed by atoms with van der Waals surface area (Å²) in [6.45, 7) is 0.314. The maximum absolute atomic E-state index is 10.7. The molecule has 0 spiro atoms. The van der Waals surface area contributed by atoms with Crippen LogP contribution >= 0.6 is 0 Å². The van der Waals surface area contributed by atoms with Gasteiger partial charge in [-0.25, -0.2) is 8.42 Å². The highest BCUT2D eigenvalue weighted by Crippen LogP contribution is 2.40. The van der Waals surface area contributed by atoms with Gasteiger partial charge in [-0.15, -0.1) is 0 Å². The van der Waals surface area contributed by atoms with E-state index < -0.39 is 15.6 Å². The number of ether oxygens (including phenoxy) is 2. The highest BCUT2D eigenvalue weighted by molar-refractivity contribution is 7.86. The predicted molar refractivity (Wildman–Crippen MR) is 97.8 cm³/mol. The van der Waals surface area contributed by atoms with Gasteiger partial charge in [-0.05, 0) is 35.0 Å². The summed E-state index contributed by atoms with van der Waals surface area (Å²) in [4.78, 5) is 0. The fourth-order valence-electron chi connectivity index (χ4n) is 2.73. The molecule has 1 heterocycles. The van der Waals surface area contributed by atoms with Crippen LogP contribution in [0.5, 0.6) is 5.75 Å². The molecule has 0 radical (unpaired) electrons. The lowest BCUT2D eigenvalue weighted by Crippen LogP contribution is -2.21. The normalized spacial score (nSPS) is 17.4. The van der Waals surface area contributed by atoms with Crippen LogP contribution in [0.2, 0.25) is 0 Å². The maximum atomic E-state index is 10.7. The minimum absolute atomic E-state index is 0.314. The van der Waals surface area contributed by atoms with Crippen molar-refractivity contribution in [2.45, 2.75) is 23.6 Å². The van der Waals surface area contributed by atoms with E-state index in [0.717, 1.165) is 5.75 Å². The van der Waals surface area contributed by atoms with Crippen LogP contribution in [0, 0.1) is 0 Å². The Morgan fingerprint density at radius 2 is 1.89 bits per heavy atom. The van der Waals surface area contributed by atoms with Crippen molar-refractivity contribution in [3.63, 3.8) is 0 Å². The van der Waals surface area contributed by atoms with Crippen LogP contribution in [-0.2, 0) is 26.6 Å². The van der Waals surface area contributed by atoms with E-state index in [2.05, 4.69) is 36.4 Å². The minimum Gasteiger partial charge on any atom is -0.741 e. The largest absolute Gasteiger partial charge is 0.741 e. The molecule has 0 amide bonds. The van der Waals surface area contributed by atoms with Crippen molar-refractivity contribution < 1.29 is 35.6 Å². The van der Waals surface area contributed by atoms with Crippen LogP contribution in [0.4, 0.5) is 13.2 Å². The highest BCUT2D eigenvalue weighted by Gasteiger charge is 2.37. The molecule has 1 saturated heterocycles. The molecule has 0 bridgehead atoms. The predicted octanol–water partition coefficient (Wildman–Crippen LogP) is 3.52. The highest BCUT2D eigenvalue weighted by atomic mass is 32.2. The zero-order valence-electron chi connectivity index (χ0n) is 14.4. The zero-order chi connectivity index (χ0) is 20.1. The van der Waals surface area contributed by atoms with Gasteiger partial charge in [0.15, 0.2) is 16.9 Å². The second-order valence-corrected chi connectivity index (χ2v) is 8.52. The Morgan fingerprint density at radius 3 is 2.44 bits per heavy atom. The molecule has 1 unspecified atom stereocenters. The first-order valence-corrected chi connectivity index (χ1v) is 10.5. The summed E-state index contributed by atoms with van der Waals surface area (Å²) in [5, 5.41) is 3.23. The number of fused-ring (bicyclic) bond motifs is 1. The van der Waals surface area contributed by atoms with Gasteiger partial charge in [0.2, 0.25) is 0 Å². The average Bonchev–Trinajstić information content (AvgIpc) is 3.12. The smallest absolute Gasteiger partial charge is 0.485 e. The lowest BCUT2D eigenvalue weighted by molar-refractivity contribution is -0.0517. The second kappa shape index (κ2) is 9.13. The molecule has 1 aliphatic rings. The first-order valence-electron chi connectivity index (χ1n) is 7.97. The molecule has 150 valence electrons. The third-order valence-corrected chi connectivity index (χ3v) is 5.96. The van der Waals surface area contributed by atoms with E-state index in [-0.39, 0.29) is 0 Å². The van der Waals surface area contributed by atoms with Crippen LogP contribution in [0.15, 0.2) is 36.4 Å². The number of thiol groups is 1. The van der Waals surface area contributed by atoms with Gasteiger partial charge in [0, 0.05) is 13.5 Å². The van der Waals surface area contributed by atoms with Crippen molar-refractivity contribution in [1.29, 1.82) is 0 Å². The van der Waals surface area contributed by atoms with E-state index in [0.29, 0.717) is 12.0 Å². The van der Waals surface area contributed by atoms with Gasteiger partial charge in [0.05, 0.1) is 5.56 Å². The minimum atomic E-state index is -6.09. The summed E-state index contributed by atoms with van der Waals surface area (Å²) in [6.07, 6.45) is 2.58.